The van der Waals surface area contributed by atoms with E-state index < -0.39 is 0 Å². The van der Waals surface area contributed by atoms with E-state index in [4.69, 9.17) is 0 Å². The van der Waals surface area contributed by atoms with Crippen LogP contribution in [-0.4, -0.2) is 4.57 Å². The maximum atomic E-state index is 2.57. The van der Waals surface area contributed by atoms with Crippen LogP contribution in [0.25, 0.3) is 43.4 Å². The van der Waals surface area contributed by atoms with Crippen LogP contribution < -0.4 is 4.57 Å². The first-order valence-electron chi connectivity index (χ1n) is 13.7. The Bertz CT molecular complexity index is 1400. The molecule has 0 aliphatic carbocycles. The molecule has 0 unspecified atom stereocenters. The summed E-state index contributed by atoms with van der Waals surface area (Å²) in [6.45, 7) is 20.8. The first-order chi connectivity index (χ1) is 16.5. The Morgan fingerprint density at radius 2 is 1.26 bits per heavy atom. The number of rotatable bonds is 6. The number of imidazole rings is 1. The smallest absolute Gasteiger partial charge is 0.229 e. The average molecular weight is 468 g/mol. The Labute approximate surface area is 211 Å². The third kappa shape index (κ3) is 3.99. The molecular formula is C33H43N2+. The highest BCUT2D eigenvalue weighted by molar-refractivity contribution is 6.32. The molecule has 1 heterocycles. The Balaban J connectivity index is 2.04. The molecule has 0 fully saturated rings. The van der Waals surface area contributed by atoms with Gasteiger partial charge in [-0.1, -0.05) is 92.5 Å². The van der Waals surface area contributed by atoms with E-state index in [-0.39, 0.29) is 10.8 Å². The van der Waals surface area contributed by atoms with Gasteiger partial charge >= 0.3 is 0 Å². The number of nitrogens with zero attached hydrogens (tertiary/aromatic N) is 2. The molecule has 0 atom stereocenters. The third-order valence-corrected chi connectivity index (χ3v) is 7.86. The quantitative estimate of drug-likeness (QED) is 0.174. The Hall–Kier alpha value is -2.61. The maximum Gasteiger partial charge on any atom is 0.244 e. The zero-order chi connectivity index (χ0) is 25.1. The molecule has 35 heavy (non-hydrogen) atoms. The summed E-state index contributed by atoms with van der Waals surface area (Å²) in [5.74, 6) is 0. The largest absolute Gasteiger partial charge is 0.244 e. The first-order valence-corrected chi connectivity index (χ1v) is 13.7. The fourth-order valence-corrected chi connectivity index (χ4v) is 5.69. The summed E-state index contributed by atoms with van der Waals surface area (Å²) in [4.78, 5) is 0. The summed E-state index contributed by atoms with van der Waals surface area (Å²) in [6.07, 6.45) is 7.25. The summed E-state index contributed by atoms with van der Waals surface area (Å²) >= 11 is 0. The van der Waals surface area contributed by atoms with E-state index in [0.717, 1.165) is 13.1 Å². The number of aromatic nitrogens is 2. The van der Waals surface area contributed by atoms with Crippen LogP contribution in [0.3, 0.4) is 0 Å². The van der Waals surface area contributed by atoms with Gasteiger partial charge in [0.2, 0.25) is 6.33 Å². The molecule has 184 valence electrons. The SMILES string of the molecule is CCCCn1c[n+](CCCC)c2c3cc(C(C)(C)C)cc4ccc5cc(C(C)(C)C)cc(c5c43)c21. The molecule has 0 spiro atoms. The van der Waals surface area contributed by atoms with Crippen LogP contribution in [0.2, 0.25) is 0 Å². The van der Waals surface area contributed by atoms with E-state index in [0.29, 0.717) is 0 Å². The summed E-state index contributed by atoms with van der Waals surface area (Å²) in [7, 11) is 0. The Kier molecular flexibility index (Phi) is 5.86. The minimum absolute atomic E-state index is 0.106. The fraction of sp³-hybridized carbons (Fsp3) is 0.485. The Morgan fingerprint density at radius 1 is 0.714 bits per heavy atom. The van der Waals surface area contributed by atoms with E-state index in [1.165, 1.54) is 80.2 Å². The topological polar surface area (TPSA) is 8.81 Å². The molecule has 0 radical (unpaired) electrons. The number of unbranched alkanes of at least 4 members (excludes halogenated alkanes) is 2. The van der Waals surface area contributed by atoms with Crippen LogP contribution in [0, 0.1) is 0 Å². The molecule has 1 aromatic heterocycles. The third-order valence-electron chi connectivity index (χ3n) is 7.86. The summed E-state index contributed by atoms with van der Waals surface area (Å²) in [6, 6.07) is 14.6. The zero-order valence-corrected chi connectivity index (χ0v) is 23.2. The lowest BCUT2D eigenvalue weighted by atomic mass is 9.81. The number of fused-ring (bicyclic) bond motifs is 3. The summed E-state index contributed by atoms with van der Waals surface area (Å²) in [5, 5.41) is 8.48. The van der Waals surface area contributed by atoms with Gasteiger partial charge in [0.15, 0.2) is 11.0 Å². The molecule has 5 rings (SSSR count). The van der Waals surface area contributed by atoms with Crippen LogP contribution in [0.5, 0.6) is 0 Å². The lowest BCUT2D eigenvalue weighted by molar-refractivity contribution is -0.671. The van der Waals surface area contributed by atoms with Gasteiger partial charge in [-0.3, -0.25) is 0 Å². The van der Waals surface area contributed by atoms with Crippen molar-refractivity contribution in [3.05, 3.63) is 53.9 Å². The van der Waals surface area contributed by atoms with Crippen molar-refractivity contribution in [2.75, 3.05) is 0 Å². The second-order valence-electron chi connectivity index (χ2n) is 12.7. The van der Waals surface area contributed by atoms with Crippen molar-refractivity contribution in [3.63, 3.8) is 0 Å². The molecule has 0 aliphatic rings. The lowest BCUT2D eigenvalue weighted by Gasteiger charge is -2.23. The molecule has 2 nitrogen and oxygen atoms in total. The highest BCUT2D eigenvalue weighted by Crippen LogP contribution is 2.43. The number of aryl methyl sites for hydroxylation is 2. The normalized spacial score (nSPS) is 13.3. The molecule has 0 amide bonds. The molecule has 0 aliphatic heterocycles. The number of hydrogen-bond donors (Lipinski definition) is 0. The van der Waals surface area contributed by atoms with E-state index in [1.54, 1.807) is 0 Å². The number of benzene rings is 4. The average Bonchev–Trinajstić information content (AvgIpc) is 3.17. The van der Waals surface area contributed by atoms with E-state index >= 15 is 0 Å². The van der Waals surface area contributed by atoms with E-state index in [1.807, 2.05) is 0 Å². The monoisotopic (exact) mass is 467 g/mol. The van der Waals surface area contributed by atoms with Crippen molar-refractivity contribution >= 4 is 43.4 Å². The van der Waals surface area contributed by atoms with Crippen molar-refractivity contribution in [2.45, 2.75) is 105 Å². The molecule has 0 bridgehead atoms. The van der Waals surface area contributed by atoms with Crippen molar-refractivity contribution in [2.24, 2.45) is 0 Å². The fourth-order valence-electron chi connectivity index (χ4n) is 5.69. The van der Waals surface area contributed by atoms with Gasteiger partial charge in [0.05, 0.1) is 13.1 Å². The number of hydrogen-bond acceptors (Lipinski definition) is 0. The summed E-state index contributed by atoms with van der Waals surface area (Å²) in [5.41, 5.74) is 5.91. The predicted octanol–water partition coefficient (Wildman–Crippen LogP) is 9.02. The lowest BCUT2D eigenvalue weighted by Crippen LogP contribution is -2.32. The van der Waals surface area contributed by atoms with Crippen molar-refractivity contribution < 1.29 is 4.57 Å². The molecule has 0 saturated carbocycles. The minimum atomic E-state index is 0.106. The molecular weight excluding hydrogens is 424 g/mol. The predicted molar refractivity (Wildman–Crippen MR) is 153 cm³/mol. The van der Waals surface area contributed by atoms with Gasteiger partial charge in [0, 0.05) is 21.5 Å². The van der Waals surface area contributed by atoms with Crippen LogP contribution in [0.15, 0.2) is 42.7 Å². The van der Waals surface area contributed by atoms with Gasteiger partial charge in [-0.05, 0) is 57.7 Å². The molecule has 4 aromatic carbocycles. The van der Waals surface area contributed by atoms with Crippen LogP contribution in [0.1, 0.15) is 92.2 Å². The Morgan fingerprint density at radius 3 is 1.80 bits per heavy atom. The van der Waals surface area contributed by atoms with Crippen LogP contribution in [0.4, 0.5) is 0 Å². The van der Waals surface area contributed by atoms with Gasteiger partial charge in [-0.2, -0.15) is 0 Å². The minimum Gasteiger partial charge on any atom is -0.229 e. The van der Waals surface area contributed by atoms with Crippen molar-refractivity contribution in [1.82, 2.24) is 4.57 Å². The molecule has 2 heteroatoms. The van der Waals surface area contributed by atoms with E-state index in [9.17, 15) is 0 Å². The van der Waals surface area contributed by atoms with Gasteiger partial charge in [-0.15, -0.1) is 0 Å². The zero-order valence-electron chi connectivity index (χ0n) is 23.2. The second kappa shape index (κ2) is 8.50. The summed E-state index contributed by atoms with van der Waals surface area (Å²) < 4.78 is 5.14. The molecule has 5 aromatic rings. The maximum absolute atomic E-state index is 2.57. The van der Waals surface area contributed by atoms with Gasteiger partial charge < -0.3 is 0 Å². The highest BCUT2D eigenvalue weighted by atomic mass is 15.1. The van der Waals surface area contributed by atoms with Crippen LogP contribution in [-0.2, 0) is 23.9 Å². The van der Waals surface area contributed by atoms with Crippen LogP contribution >= 0.6 is 0 Å². The second-order valence-corrected chi connectivity index (χ2v) is 12.7. The van der Waals surface area contributed by atoms with E-state index in [2.05, 4.69) is 107 Å². The van der Waals surface area contributed by atoms with Crippen molar-refractivity contribution in [1.29, 1.82) is 0 Å². The van der Waals surface area contributed by atoms with Gasteiger partial charge in [0.25, 0.3) is 0 Å². The first kappa shape index (κ1) is 24.1. The van der Waals surface area contributed by atoms with Crippen molar-refractivity contribution in [3.8, 4) is 0 Å². The molecule has 0 N–H and O–H groups in total. The molecule has 0 saturated heterocycles. The standard InChI is InChI=1S/C33H43N2/c1-9-11-15-34-21-35(16-12-10-2)31-27-20-25(33(6,7)8)18-23-14-13-22-17-24(32(3,4)5)19-26(30(31)34)28(22)29(23)27/h13-14,17-21H,9-12,15-16H2,1-8H3/q+1. The highest BCUT2D eigenvalue weighted by Gasteiger charge is 2.28. The van der Waals surface area contributed by atoms with Gasteiger partial charge in [-0.25, -0.2) is 9.13 Å². The van der Waals surface area contributed by atoms with Gasteiger partial charge in [0.1, 0.15) is 0 Å².